The van der Waals surface area contributed by atoms with E-state index in [0.29, 0.717) is 5.56 Å². The van der Waals surface area contributed by atoms with Gasteiger partial charge in [-0.2, -0.15) is 0 Å². The standard InChI is InChI=1S/C17H17N2O2/c20-16-7-3-4-12-19(16)15-10-8-13(9-11-15)17(21)18-14-5-1-2-6-14/h3-5,7-12,14H,1-2,6H2,(H,18,21). The highest BCUT2D eigenvalue weighted by Crippen LogP contribution is 2.17. The second-order valence-electron chi connectivity index (χ2n) is 5.20. The third kappa shape index (κ3) is 3.05. The quantitative estimate of drug-likeness (QED) is 0.938. The van der Waals surface area contributed by atoms with E-state index in [1.165, 1.54) is 6.07 Å². The zero-order valence-corrected chi connectivity index (χ0v) is 11.7. The van der Waals surface area contributed by atoms with Crippen molar-refractivity contribution in [1.29, 1.82) is 0 Å². The van der Waals surface area contributed by atoms with Gasteiger partial charge < -0.3 is 5.32 Å². The van der Waals surface area contributed by atoms with Gasteiger partial charge in [-0.25, -0.2) is 0 Å². The van der Waals surface area contributed by atoms with E-state index in [2.05, 4.69) is 11.7 Å². The van der Waals surface area contributed by atoms with E-state index < -0.39 is 0 Å². The number of nitrogens with one attached hydrogen (secondary N) is 1. The molecule has 1 aromatic heterocycles. The van der Waals surface area contributed by atoms with Gasteiger partial charge in [0.1, 0.15) is 0 Å². The second kappa shape index (κ2) is 5.95. The van der Waals surface area contributed by atoms with E-state index in [-0.39, 0.29) is 17.5 Å². The highest BCUT2D eigenvalue weighted by Gasteiger charge is 2.18. The molecule has 1 heterocycles. The van der Waals surface area contributed by atoms with Crippen molar-refractivity contribution in [2.24, 2.45) is 0 Å². The molecule has 2 aromatic rings. The third-order valence-electron chi connectivity index (χ3n) is 3.72. The van der Waals surface area contributed by atoms with Crippen molar-refractivity contribution in [3.05, 3.63) is 71.0 Å². The lowest BCUT2D eigenvalue weighted by Gasteiger charge is -2.12. The van der Waals surface area contributed by atoms with Crippen molar-refractivity contribution in [1.82, 2.24) is 9.88 Å². The summed E-state index contributed by atoms with van der Waals surface area (Å²) in [7, 11) is 0. The minimum Gasteiger partial charge on any atom is -0.349 e. The van der Waals surface area contributed by atoms with Gasteiger partial charge in [-0.3, -0.25) is 14.2 Å². The summed E-state index contributed by atoms with van der Waals surface area (Å²) in [4.78, 5) is 23.9. The highest BCUT2D eigenvalue weighted by molar-refractivity contribution is 5.94. The van der Waals surface area contributed by atoms with Gasteiger partial charge in [0.2, 0.25) is 0 Å². The molecule has 107 valence electrons. The van der Waals surface area contributed by atoms with E-state index in [4.69, 9.17) is 0 Å². The molecule has 1 aromatic carbocycles. The van der Waals surface area contributed by atoms with Crippen LogP contribution in [0.3, 0.4) is 0 Å². The minimum atomic E-state index is -0.0877. The topological polar surface area (TPSA) is 51.1 Å². The van der Waals surface area contributed by atoms with Gasteiger partial charge in [0.15, 0.2) is 0 Å². The molecule has 4 heteroatoms. The number of hydrogen-bond donors (Lipinski definition) is 1. The fraction of sp³-hybridized carbons (Fsp3) is 0.235. The molecule has 3 rings (SSSR count). The number of amides is 1. The Hall–Kier alpha value is -2.36. The fourth-order valence-corrected chi connectivity index (χ4v) is 2.57. The van der Waals surface area contributed by atoms with Gasteiger partial charge in [0, 0.05) is 29.6 Å². The first kappa shape index (κ1) is 13.6. The average molecular weight is 281 g/mol. The maximum absolute atomic E-state index is 12.1. The number of nitrogens with zero attached hydrogens (tertiary/aromatic N) is 1. The van der Waals surface area contributed by atoms with Crippen molar-refractivity contribution >= 4 is 5.91 Å². The number of hydrogen-bond acceptors (Lipinski definition) is 2. The number of carbonyl (C=O) groups is 1. The molecular formula is C17H17N2O2. The minimum absolute atomic E-state index is 0.0647. The van der Waals surface area contributed by atoms with Gasteiger partial charge in [0.05, 0.1) is 0 Å². The molecule has 1 saturated carbocycles. The monoisotopic (exact) mass is 281 g/mol. The number of pyridine rings is 1. The van der Waals surface area contributed by atoms with E-state index in [9.17, 15) is 9.59 Å². The third-order valence-corrected chi connectivity index (χ3v) is 3.72. The number of aromatic nitrogens is 1. The largest absolute Gasteiger partial charge is 0.349 e. The fourth-order valence-electron chi connectivity index (χ4n) is 2.57. The first-order valence-electron chi connectivity index (χ1n) is 7.16. The first-order valence-corrected chi connectivity index (χ1v) is 7.16. The van der Waals surface area contributed by atoms with E-state index in [1.54, 1.807) is 47.2 Å². The first-order chi connectivity index (χ1) is 10.2. The van der Waals surface area contributed by atoms with Crippen LogP contribution in [0, 0.1) is 6.42 Å². The summed E-state index contributed by atoms with van der Waals surface area (Å²) in [6.45, 7) is 0. The normalized spacial score (nSPS) is 15.0. The Labute approximate surface area is 123 Å². The van der Waals surface area contributed by atoms with Gasteiger partial charge in [-0.05, 0) is 49.6 Å². The molecule has 1 atom stereocenters. The highest BCUT2D eigenvalue weighted by atomic mass is 16.1. The van der Waals surface area contributed by atoms with Crippen LogP contribution in [0.4, 0.5) is 0 Å². The Morgan fingerprint density at radius 3 is 2.62 bits per heavy atom. The van der Waals surface area contributed by atoms with Crippen molar-refractivity contribution in [2.75, 3.05) is 0 Å². The predicted molar refractivity (Wildman–Crippen MR) is 81.4 cm³/mol. The van der Waals surface area contributed by atoms with Crippen molar-refractivity contribution in [2.45, 2.75) is 25.3 Å². The SMILES string of the molecule is O=C(NC1[CH]CCC1)c1ccc(-n2ccccc2=O)cc1. The molecule has 4 nitrogen and oxygen atoms in total. The number of benzene rings is 1. The van der Waals surface area contributed by atoms with Crippen molar-refractivity contribution in [3.8, 4) is 5.69 Å². The maximum atomic E-state index is 12.1. The van der Waals surface area contributed by atoms with Crippen LogP contribution in [0.2, 0.25) is 0 Å². The van der Waals surface area contributed by atoms with Gasteiger partial charge in [-0.15, -0.1) is 0 Å². The molecule has 1 amide bonds. The molecule has 1 N–H and O–H groups in total. The molecule has 1 aliphatic carbocycles. The molecule has 0 bridgehead atoms. The molecule has 1 radical (unpaired) electrons. The molecule has 0 spiro atoms. The zero-order valence-electron chi connectivity index (χ0n) is 11.7. The van der Waals surface area contributed by atoms with E-state index in [0.717, 1.165) is 24.9 Å². The van der Waals surface area contributed by atoms with E-state index >= 15 is 0 Å². The number of rotatable bonds is 3. The summed E-state index contributed by atoms with van der Waals surface area (Å²) >= 11 is 0. The van der Waals surface area contributed by atoms with E-state index in [1.807, 2.05) is 0 Å². The maximum Gasteiger partial charge on any atom is 0.255 e. The molecule has 0 saturated heterocycles. The average Bonchev–Trinajstić information content (AvgIpc) is 3.01. The molecule has 21 heavy (non-hydrogen) atoms. The summed E-state index contributed by atoms with van der Waals surface area (Å²) in [5.74, 6) is -0.0647. The summed E-state index contributed by atoms with van der Waals surface area (Å²) in [5, 5.41) is 3.00. The summed E-state index contributed by atoms with van der Waals surface area (Å²) in [6, 6.07) is 12.3. The second-order valence-corrected chi connectivity index (χ2v) is 5.20. The lowest BCUT2D eigenvalue weighted by Crippen LogP contribution is -2.32. The van der Waals surface area contributed by atoms with Gasteiger partial charge in [0.25, 0.3) is 11.5 Å². The van der Waals surface area contributed by atoms with Crippen LogP contribution >= 0.6 is 0 Å². The van der Waals surface area contributed by atoms with Crippen molar-refractivity contribution in [3.63, 3.8) is 0 Å². The molecule has 1 aliphatic rings. The summed E-state index contributed by atoms with van der Waals surface area (Å²) < 4.78 is 1.55. The Morgan fingerprint density at radius 2 is 1.95 bits per heavy atom. The number of carbonyl (C=O) groups excluding carboxylic acids is 1. The zero-order chi connectivity index (χ0) is 14.7. The smallest absolute Gasteiger partial charge is 0.255 e. The van der Waals surface area contributed by atoms with Crippen molar-refractivity contribution < 1.29 is 4.79 Å². The Bertz CT molecular complexity index is 682. The Balaban J connectivity index is 1.76. The molecular weight excluding hydrogens is 264 g/mol. The predicted octanol–water partition coefficient (Wildman–Crippen LogP) is 2.32. The van der Waals surface area contributed by atoms with Crippen LogP contribution in [-0.4, -0.2) is 16.5 Å². The van der Waals surface area contributed by atoms with Crippen LogP contribution in [0.5, 0.6) is 0 Å². The Morgan fingerprint density at radius 1 is 1.14 bits per heavy atom. The Kier molecular flexibility index (Phi) is 3.86. The lowest BCUT2D eigenvalue weighted by atomic mass is 10.1. The molecule has 0 aliphatic heterocycles. The van der Waals surface area contributed by atoms with Crippen LogP contribution in [0.1, 0.15) is 29.6 Å². The van der Waals surface area contributed by atoms with Gasteiger partial charge >= 0.3 is 0 Å². The summed E-state index contributed by atoms with van der Waals surface area (Å²) in [5.41, 5.74) is 1.28. The van der Waals surface area contributed by atoms with Crippen LogP contribution < -0.4 is 10.9 Å². The molecule has 1 unspecified atom stereocenters. The lowest BCUT2D eigenvalue weighted by molar-refractivity contribution is 0.0943. The van der Waals surface area contributed by atoms with Crippen LogP contribution in [0.15, 0.2) is 53.5 Å². The molecule has 1 fully saturated rings. The van der Waals surface area contributed by atoms with Crippen LogP contribution in [0.25, 0.3) is 5.69 Å². The van der Waals surface area contributed by atoms with Crippen LogP contribution in [-0.2, 0) is 0 Å². The van der Waals surface area contributed by atoms with Gasteiger partial charge in [-0.1, -0.05) is 12.5 Å². The summed E-state index contributed by atoms with van der Waals surface area (Å²) in [6.07, 6.45) is 7.09.